The SMILES string of the molecule is CCCCCC1C2Cc3c(C(=O)OCC)n[nH]c3C12. The Kier molecular flexibility index (Phi) is 3.33. The predicted octanol–water partition coefficient (Wildman–Crippen LogP) is 3.05. The first-order chi connectivity index (χ1) is 9.27. The van der Waals surface area contributed by atoms with Crippen molar-refractivity contribution in [2.75, 3.05) is 6.61 Å². The van der Waals surface area contributed by atoms with E-state index in [2.05, 4.69) is 17.1 Å². The van der Waals surface area contributed by atoms with E-state index < -0.39 is 0 Å². The van der Waals surface area contributed by atoms with Crippen LogP contribution >= 0.6 is 0 Å². The lowest BCUT2D eigenvalue weighted by Gasteiger charge is -2.04. The maximum atomic E-state index is 11.8. The van der Waals surface area contributed by atoms with Crippen LogP contribution in [0.15, 0.2) is 0 Å². The minimum Gasteiger partial charge on any atom is -0.461 e. The van der Waals surface area contributed by atoms with Crippen molar-refractivity contribution in [2.45, 2.75) is 51.9 Å². The van der Waals surface area contributed by atoms with Gasteiger partial charge in [0, 0.05) is 17.2 Å². The molecule has 104 valence electrons. The summed E-state index contributed by atoms with van der Waals surface area (Å²) in [7, 11) is 0. The number of unbranched alkanes of at least 4 members (excludes halogenated alkanes) is 2. The zero-order valence-corrected chi connectivity index (χ0v) is 11.7. The third-order valence-corrected chi connectivity index (χ3v) is 4.61. The minimum atomic E-state index is -0.274. The molecular formula is C15H22N2O2. The third-order valence-electron chi connectivity index (χ3n) is 4.61. The number of rotatable bonds is 6. The highest BCUT2D eigenvalue weighted by molar-refractivity contribution is 5.89. The number of esters is 1. The van der Waals surface area contributed by atoms with Gasteiger partial charge in [0.25, 0.3) is 0 Å². The van der Waals surface area contributed by atoms with Crippen LogP contribution in [0.1, 0.15) is 67.2 Å². The Morgan fingerprint density at radius 3 is 3.00 bits per heavy atom. The number of aromatic nitrogens is 2. The molecule has 4 heteroatoms. The van der Waals surface area contributed by atoms with Crippen molar-refractivity contribution < 1.29 is 9.53 Å². The topological polar surface area (TPSA) is 55.0 Å². The summed E-state index contributed by atoms with van der Waals surface area (Å²) < 4.78 is 5.05. The third kappa shape index (κ3) is 2.07. The highest BCUT2D eigenvalue weighted by atomic mass is 16.5. The second-order valence-corrected chi connectivity index (χ2v) is 5.74. The first kappa shape index (κ1) is 12.7. The molecule has 3 unspecified atom stereocenters. The lowest BCUT2D eigenvalue weighted by atomic mass is 10.0. The number of carbonyl (C=O) groups excluding carboxylic acids is 1. The van der Waals surface area contributed by atoms with Crippen LogP contribution in [0.25, 0.3) is 0 Å². The predicted molar refractivity (Wildman–Crippen MR) is 72.1 cm³/mol. The second-order valence-electron chi connectivity index (χ2n) is 5.74. The van der Waals surface area contributed by atoms with Crippen LogP contribution in [-0.2, 0) is 11.2 Å². The standard InChI is InChI=1S/C15H22N2O2/c1-3-5-6-7-9-10-8-11-13(12(9)10)16-17-14(11)15(18)19-4-2/h9-10,12H,3-8H2,1-2H3,(H,16,17). The fourth-order valence-corrected chi connectivity index (χ4v) is 3.64. The van der Waals surface area contributed by atoms with Gasteiger partial charge in [-0.3, -0.25) is 5.10 Å². The van der Waals surface area contributed by atoms with Crippen LogP contribution in [0.4, 0.5) is 0 Å². The summed E-state index contributed by atoms with van der Waals surface area (Å²) in [5, 5.41) is 7.25. The molecular weight excluding hydrogens is 240 g/mol. The summed E-state index contributed by atoms with van der Waals surface area (Å²) in [6.07, 6.45) is 6.30. The average Bonchev–Trinajstić information content (AvgIpc) is 2.74. The van der Waals surface area contributed by atoms with E-state index in [4.69, 9.17) is 4.74 Å². The van der Waals surface area contributed by atoms with Crippen molar-refractivity contribution in [1.82, 2.24) is 10.2 Å². The number of nitrogens with zero attached hydrogens (tertiary/aromatic N) is 1. The number of H-pyrrole nitrogens is 1. The van der Waals surface area contributed by atoms with E-state index in [1.807, 2.05) is 6.92 Å². The van der Waals surface area contributed by atoms with Gasteiger partial charge in [-0.25, -0.2) is 4.79 Å². The highest BCUT2D eigenvalue weighted by Gasteiger charge is 2.57. The Bertz CT molecular complexity index is 480. The Balaban J connectivity index is 1.65. The lowest BCUT2D eigenvalue weighted by Crippen LogP contribution is -2.08. The summed E-state index contributed by atoms with van der Waals surface area (Å²) in [6.45, 7) is 4.48. The molecule has 0 bridgehead atoms. The van der Waals surface area contributed by atoms with Crippen molar-refractivity contribution in [3.05, 3.63) is 17.0 Å². The van der Waals surface area contributed by atoms with Gasteiger partial charge in [0.2, 0.25) is 0 Å². The van der Waals surface area contributed by atoms with Crippen LogP contribution in [0.2, 0.25) is 0 Å². The van der Waals surface area contributed by atoms with E-state index in [0.717, 1.165) is 23.8 Å². The van der Waals surface area contributed by atoms with Crippen LogP contribution in [-0.4, -0.2) is 22.8 Å². The number of nitrogens with one attached hydrogen (secondary N) is 1. The molecule has 19 heavy (non-hydrogen) atoms. The molecule has 3 rings (SSSR count). The van der Waals surface area contributed by atoms with Gasteiger partial charge in [-0.1, -0.05) is 26.2 Å². The fourth-order valence-electron chi connectivity index (χ4n) is 3.64. The smallest absolute Gasteiger partial charge is 0.359 e. The summed E-state index contributed by atoms with van der Waals surface area (Å²) in [5.74, 6) is 1.95. The first-order valence-corrected chi connectivity index (χ1v) is 7.52. The first-order valence-electron chi connectivity index (χ1n) is 7.52. The normalized spacial score (nSPS) is 26.9. The van der Waals surface area contributed by atoms with E-state index in [0.29, 0.717) is 18.2 Å². The Morgan fingerprint density at radius 2 is 2.26 bits per heavy atom. The van der Waals surface area contributed by atoms with Gasteiger partial charge in [0.15, 0.2) is 5.69 Å². The molecule has 0 radical (unpaired) electrons. The summed E-state index contributed by atoms with van der Waals surface area (Å²) in [6, 6.07) is 0. The second kappa shape index (κ2) is 4.99. The zero-order valence-electron chi connectivity index (χ0n) is 11.7. The minimum absolute atomic E-state index is 0.274. The maximum Gasteiger partial charge on any atom is 0.359 e. The number of hydrogen-bond acceptors (Lipinski definition) is 3. The van der Waals surface area contributed by atoms with Crippen molar-refractivity contribution in [3.8, 4) is 0 Å². The molecule has 0 aromatic carbocycles. The molecule has 4 nitrogen and oxygen atoms in total. The van der Waals surface area contributed by atoms with Gasteiger partial charge in [0.1, 0.15) is 0 Å². The number of carbonyl (C=O) groups is 1. The molecule has 0 saturated heterocycles. The van der Waals surface area contributed by atoms with E-state index in [1.54, 1.807) is 0 Å². The molecule has 1 fully saturated rings. The van der Waals surface area contributed by atoms with Gasteiger partial charge in [-0.2, -0.15) is 5.10 Å². The monoisotopic (exact) mass is 262 g/mol. The Morgan fingerprint density at radius 1 is 1.42 bits per heavy atom. The van der Waals surface area contributed by atoms with Gasteiger partial charge < -0.3 is 4.74 Å². The number of hydrogen-bond donors (Lipinski definition) is 1. The Labute approximate surface area is 113 Å². The van der Waals surface area contributed by atoms with E-state index in [1.165, 1.54) is 31.4 Å². The molecule has 1 N–H and O–H groups in total. The van der Waals surface area contributed by atoms with Crippen molar-refractivity contribution in [2.24, 2.45) is 11.8 Å². The summed E-state index contributed by atoms with van der Waals surface area (Å²) in [4.78, 5) is 11.8. The maximum absolute atomic E-state index is 11.8. The molecule has 0 spiro atoms. The number of aromatic amines is 1. The van der Waals surface area contributed by atoms with Crippen LogP contribution in [0, 0.1) is 11.8 Å². The fraction of sp³-hybridized carbons (Fsp3) is 0.733. The van der Waals surface area contributed by atoms with E-state index >= 15 is 0 Å². The molecule has 2 aliphatic rings. The van der Waals surface area contributed by atoms with Crippen molar-refractivity contribution >= 4 is 5.97 Å². The largest absolute Gasteiger partial charge is 0.461 e. The summed E-state index contributed by atoms with van der Waals surface area (Å²) >= 11 is 0. The van der Waals surface area contributed by atoms with Gasteiger partial charge in [-0.15, -0.1) is 0 Å². The zero-order chi connectivity index (χ0) is 13.4. The van der Waals surface area contributed by atoms with Crippen LogP contribution in [0.5, 0.6) is 0 Å². The van der Waals surface area contributed by atoms with Gasteiger partial charge in [0.05, 0.1) is 6.61 Å². The van der Waals surface area contributed by atoms with Crippen LogP contribution in [0.3, 0.4) is 0 Å². The van der Waals surface area contributed by atoms with E-state index in [9.17, 15) is 4.79 Å². The van der Waals surface area contributed by atoms with E-state index in [-0.39, 0.29) is 5.97 Å². The van der Waals surface area contributed by atoms with Gasteiger partial charge in [-0.05, 0) is 31.6 Å². The lowest BCUT2D eigenvalue weighted by molar-refractivity contribution is 0.0518. The molecule has 1 saturated carbocycles. The van der Waals surface area contributed by atoms with Crippen LogP contribution < -0.4 is 0 Å². The number of fused-ring (bicyclic) bond motifs is 3. The molecule has 2 aliphatic carbocycles. The number of ether oxygens (including phenoxy) is 1. The molecule has 3 atom stereocenters. The highest BCUT2D eigenvalue weighted by Crippen LogP contribution is 2.63. The quantitative estimate of drug-likeness (QED) is 0.633. The molecule has 1 heterocycles. The molecule has 0 amide bonds. The Hall–Kier alpha value is -1.32. The molecule has 0 aliphatic heterocycles. The molecule has 1 aromatic rings. The van der Waals surface area contributed by atoms with Gasteiger partial charge >= 0.3 is 5.97 Å². The van der Waals surface area contributed by atoms with Crippen molar-refractivity contribution in [3.63, 3.8) is 0 Å². The summed E-state index contributed by atoms with van der Waals surface area (Å²) in [5.41, 5.74) is 2.87. The molecule has 1 aromatic heterocycles. The average molecular weight is 262 g/mol. The van der Waals surface area contributed by atoms with Crippen molar-refractivity contribution in [1.29, 1.82) is 0 Å².